The molecule has 4 aromatic heterocycles. The second-order valence-corrected chi connectivity index (χ2v) is 7.75. The number of para-hydroxylation sites is 4. The van der Waals surface area contributed by atoms with Crippen molar-refractivity contribution >= 4 is 33.2 Å². The van der Waals surface area contributed by atoms with E-state index >= 15 is 0 Å². The summed E-state index contributed by atoms with van der Waals surface area (Å²) in [6.07, 6.45) is 6.63. The average molecular weight is 407 g/mol. The number of aromatic nitrogens is 7. The molecule has 0 saturated heterocycles. The first-order valence-electron chi connectivity index (χ1n) is 10.4. The fraction of sp³-hybridized carbons (Fsp3) is 0.167. The lowest BCUT2D eigenvalue weighted by molar-refractivity contribution is 0.565. The van der Waals surface area contributed by atoms with E-state index in [4.69, 9.17) is 15.0 Å². The van der Waals surface area contributed by atoms with Gasteiger partial charge in [-0.1, -0.05) is 24.3 Å². The first-order chi connectivity index (χ1) is 15.3. The minimum absolute atomic E-state index is 0.835. The molecule has 1 N–H and O–H groups in total. The Kier molecular flexibility index (Phi) is 4.06. The highest BCUT2D eigenvalue weighted by atomic mass is 15.1. The smallest absolute Gasteiger partial charge is 0.160 e. The zero-order valence-corrected chi connectivity index (χ0v) is 17.2. The standard InChI is InChI=1S/C24H21N7/c1-16-21(23-27-18-8-3-4-9-19(18)28-23)22-24(29-20-10-5-2-7-17(20)26-22)31(16)13-6-12-30-14-11-25-15-30/h2-5,7-11,14-15H,6,12-13H2,1H3,(H,27,28). The first kappa shape index (κ1) is 17.8. The number of hydrogen-bond acceptors (Lipinski definition) is 4. The Bertz CT molecular complexity index is 1490. The van der Waals surface area contributed by atoms with Gasteiger partial charge in [0, 0.05) is 31.2 Å². The van der Waals surface area contributed by atoms with Crippen molar-refractivity contribution in [1.82, 2.24) is 34.1 Å². The molecule has 2 aromatic carbocycles. The number of aromatic amines is 1. The van der Waals surface area contributed by atoms with E-state index in [0.717, 1.165) is 69.8 Å². The second-order valence-electron chi connectivity index (χ2n) is 7.75. The molecule has 0 saturated carbocycles. The van der Waals surface area contributed by atoms with Crippen LogP contribution in [0.15, 0.2) is 67.3 Å². The summed E-state index contributed by atoms with van der Waals surface area (Å²) in [4.78, 5) is 22.5. The minimum atomic E-state index is 0.835. The van der Waals surface area contributed by atoms with E-state index in [9.17, 15) is 0 Å². The maximum Gasteiger partial charge on any atom is 0.160 e. The molecule has 7 heteroatoms. The number of aryl methyl sites for hydroxylation is 2. The van der Waals surface area contributed by atoms with Crippen LogP contribution < -0.4 is 0 Å². The Morgan fingerprint density at radius 2 is 1.65 bits per heavy atom. The van der Waals surface area contributed by atoms with E-state index in [2.05, 4.69) is 26.0 Å². The Labute approximate surface area is 178 Å². The van der Waals surface area contributed by atoms with Crippen molar-refractivity contribution in [1.29, 1.82) is 0 Å². The summed E-state index contributed by atoms with van der Waals surface area (Å²) < 4.78 is 4.37. The topological polar surface area (TPSA) is 77.2 Å². The van der Waals surface area contributed by atoms with Crippen molar-refractivity contribution in [3.8, 4) is 11.4 Å². The number of imidazole rings is 2. The first-order valence-corrected chi connectivity index (χ1v) is 10.4. The Balaban J connectivity index is 1.52. The summed E-state index contributed by atoms with van der Waals surface area (Å²) in [7, 11) is 0. The lowest BCUT2D eigenvalue weighted by Crippen LogP contribution is -2.05. The molecule has 0 amide bonds. The maximum absolute atomic E-state index is 5.01. The van der Waals surface area contributed by atoms with Gasteiger partial charge >= 0.3 is 0 Å². The van der Waals surface area contributed by atoms with Gasteiger partial charge in [-0.25, -0.2) is 19.9 Å². The number of rotatable bonds is 5. The molecule has 4 heterocycles. The van der Waals surface area contributed by atoms with Gasteiger partial charge in [0.25, 0.3) is 0 Å². The number of benzene rings is 2. The molecule has 0 aliphatic rings. The molecular formula is C24H21N7. The fourth-order valence-electron chi connectivity index (χ4n) is 4.27. The van der Waals surface area contributed by atoms with Crippen LogP contribution in [0, 0.1) is 6.92 Å². The summed E-state index contributed by atoms with van der Waals surface area (Å²) in [5.41, 5.74) is 7.69. The third-order valence-electron chi connectivity index (χ3n) is 5.79. The average Bonchev–Trinajstić information content (AvgIpc) is 3.51. The van der Waals surface area contributed by atoms with Gasteiger partial charge in [0.05, 0.1) is 34.0 Å². The fourth-order valence-corrected chi connectivity index (χ4v) is 4.27. The molecule has 0 unspecified atom stereocenters. The molecule has 0 radical (unpaired) electrons. The number of nitrogens with one attached hydrogen (secondary N) is 1. The van der Waals surface area contributed by atoms with Crippen LogP contribution in [0.1, 0.15) is 12.1 Å². The molecule has 0 bridgehead atoms. The van der Waals surface area contributed by atoms with Crippen molar-refractivity contribution in [2.45, 2.75) is 26.4 Å². The van der Waals surface area contributed by atoms with Gasteiger partial charge in [-0.3, -0.25) is 0 Å². The normalized spacial score (nSPS) is 11.8. The van der Waals surface area contributed by atoms with E-state index < -0.39 is 0 Å². The van der Waals surface area contributed by atoms with Gasteiger partial charge in [0.1, 0.15) is 11.3 Å². The third kappa shape index (κ3) is 2.97. The predicted molar refractivity (Wildman–Crippen MR) is 122 cm³/mol. The molecule has 0 aliphatic heterocycles. The number of H-pyrrole nitrogens is 1. The van der Waals surface area contributed by atoms with Gasteiger partial charge in [0.2, 0.25) is 0 Å². The van der Waals surface area contributed by atoms with Crippen molar-refractivity contribution in [2.75, 3.05) is 0 Å². The van der Waals surface area contributed by atoms with Gasteiger partial charge < -0.3 is 14.1 Å². The molecule has 31 heavy (non-hydrogen) atoms. The number of hydrogen-bond donors (Lipinski definition) is 1. The number of nitrogens with zero attached hydrogens (tertiary/aromatic N) is 6. The molecule has 0 atom stereocenters. The van der Waals surface area contributed by atoms with E-state index in [1.807, 2.05) is 67.3 Å². The third-order valence-corrected chi connectivity index (χ3v) is 5.79. The second kappa shape index (κ2) is 7.05. The molecule has 0 spiro atoms. The van der Waals surface area contributed by atoms with Crippen LogP contribution in [0.3, 0.4) is 0 Å². The summed E-state index contributed by atoms with van der Waals surface area (Å²) >= 11 is 0. The van der Waals surface area contributed by atoms with Gasteiger partial charge in [-0.05, 0) is 37.6 Å². The molecule has 6 rings (SSSR count). The van der Waals surface area contributed by atoms with E-state index in [-0.39, 0.29) is 0 Å². The summed E-state index contributed by atoms with van der Waals surface area (Å²) in [5, 5.41) is 0. The zero-order chi connectivity index (χ0) is 20.8. The van der Waals surface area contributed by atoms with Gasteiger partial charge in [-0.15, -0.1) is 0 Å². The highest BCUT2D eigenvalue weighted by molar-refractivity contribution is 5.97. The highest BCUT2D eigenvalue weighted by Crippen LogP contribution is 2.33. The molecule has 6 aromatic rings. The Hall–Kier alpha value is -4.00. The Morgan fingerprint density at radius 1 is 0.871 bits per heavy atom. The molecule has 7 nitrogen and oxygen atoms in total. The molecular weight excluding hydrogens is 386 g/mol. The van der Waals surface area contributed by atoms with Gasteiger partial charge in [0.15, 0.2) is 5.65 Å². The van der Waals surface area contributed by atoms with Crippen LogP contribution >= 0.6 is 0 Å². The minimum Gasteiger partial charge on any atom is -0.338 e. The summed E-state index contributed by atoms with van der Waals surface area (Å²) in [6.45, 7) is 3.88. The van der Waals surface area contributed by atoms with Crippen LogP contribution in [0.4, 0.5) is 0 Å². The molecule has 152 valence electrons. The lowest BCUT2D eigenvalue weighted by atomic mass is 10.2. The predicted octanol–water partition coefficient (Wildman–Crippen LogP) is 4.72. The SMILES string of the molecule is Cc1c(-c2nc3ccccc3[nH]2)c2nc3ccccc3nc2n1CCCn1ccnc1. The number of fused-ring (bicyclic) bond motifs is 3. The summed E-state index contributed by atoms with van der Waals surface area (Å²) in [6, 6.07) is 16.1. The van der Waals surface area contributed by atoms with E-state index in [1.54, 1.807) is 0 Å². The molecule has 0 aliphatic carbocycles. The van der Waals surface area contributed by atoms with Crippen LogP contribution in [0.25, 0.3) is 44.6 Å². The van der Waals surface area contributed by atoms with Crippen molar-refractivity contribution < 1.29 is 0 Å². The van der Waals surface area contributed by atoms with Crippen LogP contribution in [-0.4, -0.2) is 34.1 Å². The van der Waals surface area contributed by atoms with Crippen LogP contribution in [0.5, 0.6) is 0 Å². The maximum atomic E-state index is 5.01. The van der Waals surface area contributed by atoms with E-state index in [1.165, 1.54) is 0 Å². The summed E-state index contributed by atoms with van der Waals surface area (Å²) in [5.74, 6) is 0.835. The highest BCUT2D eigenvalue weighted by Gasteiger charge is 2.21. The Morgan fingerprint density at radius 3 is 2.42 bits per heavy atom. The van der Waals surface area contributed by atoms with Crippen molar-refractivity contribution in [3.05, 3.63) is 72.9 Å². The lowest BCUT2D eigenvalue weighted by Gasteiger charge is -2.08. The van der Waals surface area contributed by atoms with Crippen molar-refractivity contribution in [3.63, 3.8) is 0 Å². The quantitative estimate of drug-likeness (QED) is 0.448. The van der Waals surface area contributed by atoms with E-state index in [0.29, 0.717) is 0 Å². The van der Waals surface area contributed by atoms with Crippen molar-refractivity contribution in [2.24, 2.45) is 0 Å². The van der Waals surface area contributed by atoms with Crippen LogP contribution in [0.2, 0.25) is 0 Å². The van der Waals surface area contributed by atoms with Gasteiger partial charge in [-0.2, -0.15) is 0 Å². The zero-order valence-electron chi connectivity index (χ0n) is 17.2. The van der Waals surface area contributed by atoms with Crippen LogP contribution in [-0.2, 0) is 13.1 Å². The monoisotopic (exact) mass is 407 g/mol. The largest absolute Gasteiger partial charge is 0.338 e. The molecule has 0 fully saturated rings.